The molecule has 0 unspecified atom stereocenters. The minimum Gasteiger partial charge on any atom is -0.463 e. The third-order valence-electron chi connectivity index (χ3n) is 2.56. The smallest absolute Gasteiger partial charge is 0.333 e. The second-order valence-corrected chi connectivity index (χ2v) is 4.79. The highest BCUT2D eigenvalue weighted by Crippen LogP contribution is 2.09. The summed E-state index contributed by atoms with van der Waals surface area (Å²) in [6, 6.07) is 0. The molecule has 0 aliphatic rings. The van der Waals surface area contributed by atoms with E-state index in [1.165, 1.54) is 5.57 Å². The Bertz CT molecular complexity index is 331. The monoisotopic (exact) mass is 250 g/mol. The second kappa shape index (κ2) is 9.69. The lowest BCUT2D eigenvalue weighted by Gasteiger charge is -2.03. The van der Waals surface area contributed by atoms with Crippen LogP contribution < -0.4 is 0 Å². The minimum absolute atomic E-state index is 0.237. The van der Waals surface area contributed by atoms with E-state index in [9.17, 15) is 4.79 Å². The Morgan fingerprint density at radius 3 is 2.50 bits per heavy atom. The number of hydrogen-bond donors (Lipinski definition) is 0. The summed E-state index contributed by atoms with van der Waals surface area (Å²) >= 11 is 0. The third-order valence-corrected chi connectivity index (χ3v) is 2.56. The Morgan fingerprint density at radius 2 is 1.94 bits per heavy atom. The largest absolute Gasteiger partial charge is 0.463 e. The topological polar surface area (TPSA) is 26.3 Å². The molecule has 0 heterocycles. The molecule has 1 atom stereocenters. The van der Waals surface area contributed by atoms with E-state index in [1.807, 2.05) is 19.1 Å². The summed E-state index contributed by atoms with van der Waals surface area (Å²) in [6.45, 7) is 10.4. The van der Waals surface area contributed by atoms with Gasteiger partial charge in [-0.25, -0.2) is 4.79 Å². The van der Waals surface area contributed by atoms with Gasteiger partial charge in [0.1, 0.15) is 0 Å². The molecule has 0 aliphatic heterocycles. The van der Waals surface area contributed by atoms with Crippen molar-refractivity contribution in [1.29, 1.82) is 0 Å². The number of ether oxygens (including phenoxy) is 1. The maximum atomic E-state index is 11.3. The molecule has 2 nitrogen and oxygen atoms in total. The summed E-state index contributed by atoms with van der Waals surface area (Å²) in [7, 11) is 0. The van der Waals surface area contributed by atoms with Crippen molar-refractivity contribution in [3.63, 3.8) is 0 Å². The molecule has 18 heavy (non-hydrogen) atoms. The maximum Gasteiger partial charge on any atom is 0.333 e. The number of hydrogen-bond acceptors (Lipinski definition) is 2. The molecule has 0 bridgehead atoms. The molecule has 0 aliphatic carbocycles. The zero-order valence-electron chi connectivity index (χ0n) is 12.3. The second-order valence-electron chi connectivity index (χ2n) is 4.79. The molecule has 102 valence electrons. The van der Waals surface area contributed by atoms with E-state index in [4.69, 9.17) is 4.74 Å². The Morgan fingerprint density at radius 1 is 1.28 bits per heavy atom. The molecule has 0 aromatic rings. The van der Waals surface area contributed by atoms with Gasteiger partial charge >= 0.3 is 5.97 Å². The Labute approximate surface area is 111 Å². The van der Waals surface area contributed by atoms with Gasteiger partial charge in [-0.15, -0.1) is 0 Å². The highest BCUT2D eigenvalue weighted by atomic mass is 16.5. The summed E-state index contributed by atoms with van der Waals surface area (Å²) < 4.78 is 4.90. The molecule has 0 fully saturated rings. The first kappa shape index (κ1) is 16.7. The molecule has 0 saturated heterocycles. The summed E-state index contributed by atoms with van der Waals surface area (Å²) in [5, 5.41) is 0. The lowest BCUT2D eigenvalue weighted by atomic mass is 10.0. The van der Waals surface area contributed by atoms with E-state index < -0.39 is 0 Å². The van der Waals surface area contributed by atoms with Crippen LogP contribution in [0.5, 0.6) is 0 Å². The normalized spacial score (nSPS) is 13.5. The van der Waals surface area contributed by atoms with Crippen molar-refractivity contribution in [1.82, 2.24) is 0 Å². The summed E-state index contributed by atoms with van der Waals surface area (Å²) in [5.41, 5.74) is 2.01. The Hall–Kier alpha value is -1.31. The summed E-state index contributed by atoms with van der Waals surface area (Å²) in [6.07, 6.45) is 10.4. The first-order valence-corrected chi connectivity index (χ1v) is 6.63. The van der Waals surface area contributed by atoms with Crippen LogP contribution in [0.3, 0.4) is 0 Å². The molecule has 0 spiro atoms. The molecule has 0 saturated carbocycles. The molecule has 0 N–H and O–H groups in total. The first-order valence-electron chi connectivity index (χ1n) is 6.63. The molecule has 2 heteroatoms. The van der Waals surface area contributed by atoms with Gasteiger partial charge in [0.25, 0.3) is 0 Å². The quantitative estimate of drug-likeness (QED) is 0.289. The fraction of sp³-hybridized carbons (Fsp3) is 0.562. The Balaban J connectivity index is 4.10. The lowest BCUT2D eigenvalue weighted by molar-refractivity contribution is -0.138. The highest BCUT2D eigenvalue weighted by Gasteiger charge is 2.02. The van der Waals surface area contributed by atoms with Gasteiger partial charge < -0.3 is 4.74 Å². The van der Waals surface area contributed by atoms with Crippen molar-refractivity contribution in [2.75, 3.05) is 6.61 Å². The molecular formula is C16H26O2. The highest BCUT2D eigenvalue weighted by molar-refractivity contribution is 5.88. The molecule has 0 rings (SSSR count). The third kappa shape index (κ3) is 8.80. The molecule has 0 radical (unpaired) electrons. The first-order chi connectivity index (χ1) is 8.47. The number of carbonyl (C=O) groups excluding carboxylic acids is 1. The van der Waals surface area contributed by atoms with E-state index in [2.05, 4.69) is 32.9 Å². The average molecular weight is 250 g/mol. The van der Waals surface area contributed by atoms with Crippen LogP contribution in [0.15, 0.2) is 35.5 Å². The number of rotatable bonds is 7. The van der Waals surface area contributed by atoms with E-state index in [0.717, 1.165) is 12.8 Å². The van der Waals surface area contributed by atoms with Crippen LogP contribution in [-0.4, -0.2) is 12.6 Å². The van der Waals surface area contributed by atoms with Gasteiger partial charge in [0, 0.05) is 5.57 Å². The summed E-state index contributed by atoms with van der Waals surface area (Å²) in [5.74, 6) is 0.284. The van der Waals surface area contributed by atoms with E-state index in [-0.39, 0.29) is 5.97 Å². The standard InChI is InChI=1S/C16H26O2/c1-6-18-16(17)15(5)12-8-11-14(4)10-7-9-13(2)3/h8-9,11-12,14H,6-7,10H2,1-5H3/b11-8?,15-12+/t14-/m1/s1. The molecule has 0 aromatic heterocycles. The average Bonchev–Trinajstić information content (AvgIpc) is 2.28. The van der Waals surface area contributed by atoms with Crippen LogP contribution in [0.4, 0.5) is 0 Å². The van der Waals surface area contributed by atoms with Crippen LogP contribution in [-0.2, 0) is 9.53 Å². The molecular weight excluding hydrogens is 224 g/mol. The number of allylic oxidation sites excluding steroid dienone is 5. The van der Waals surface area contributed by atoms with Gasteiger partial charge in [-0.05, 0) is 46.5 Å². The Kier molecular flexibility index (Phi) is 8.99. The maximum absolute atomic E-state index is 11.3. The summed E-state index contributed by atoms with van der Waals surface area (Å²) in [4.78, 5) is 11.3. The predicted molar refractivity (Wildman–Crippen MR) is 77.4 cm³/mol. The van der Waals surface area contributed by atoms with Crippen LogP contribution in [0.25, 0.3) is 0 Å². The zero-order chi connectivity index (χ0) is 14.0. The van der Waals surface area contributed by atoms with Crippen molar-refractivity contribution in [3.05, 3.63) is 35.5 Å². The molecule has 0 aromatic carbocycles. The van der Waals surface area contributed by atoms with Gasteiger partial charge in [0.2, 0.25) is 0 Å². The van der Waals surface area contributed by atoms with Crippen molar-refractivity contribution >= 4 is 5.97 Å². The van der Waals surface area contributed by atoms with Crippen LogP contribution in [0.1, 0.15) is 47.5 Å². The van der Waals surface area contributed by atoms with Crippen LogP contribution >= 0.6 is 0 Å². The van der Waals surface area contributed by atoms with Crippen molar-refractivity contribution in [2.24, 2.45) is 5.92 Å². The fourth-order valence-corrected chi connectivity index (χ4v) is 1.43. The van der Waals surface area contributed by atoms with Crippen molar-refractivity contribution < 1.29 is 9.53 Å². The lowest BCUT2D eigenvalue weighted by Crippen LogP contribution is -2.04. The van der Waals surface area contributed by atoms with Crippen molar-refractivity contribution in [3.8, 4) is 0 Å². The zero-order valence-corrected chi connectivity index (χ0v) is 12.3. The van der Waals surface area contributed by atoms with Gasteiger partial charge in [0.15, 0.2) is 0 Å². The van der Waals surface area contributed by atoms with E-state index in [1.54, 1.807) is 6.92 Å². The van der Waals surface area contributed by atoms with E-state index in [0.29, 0.717) is 18.1 Å². The van der Waals surface area contributed by atoms with Gasteiger partial charge in [-0.3, -0.25) is 0 Å². The van der Waals surface area contributed by atoms with Gasteiger partial charge in [-0.2, -0.15) is 0 Å². The fourth-order valence-electron chi connectivity index (χ4n) is 1.43. The number of esters is 1. The minimum atomic E-state index is -0.237. The predicted octanol–water partition coefficient (Wildman–Crippen LogP) is 4.43. The number of carbonyl (C=O) groups is 1. The van der Waals surface area contributed by atoms with Gasteiger partial charge in [-0.1, -0.05) is 36.8 Å². The van der Waals surface area contributed by atoms with E-state index >= 15 is 0 Å². The van der Waals surface area contributed by atoms with Crippen molar-refractivity contribution in [2.45, 2.75) is 47.5 Å². The van der Waals surface area contributed by atoms with Crippen LogP contribution in [0.2, 0.25) is 0 Å². The van der Waals surface area contributed by atoms with Crippen LogP contribution in [0, 0.1) is 5.92 Å². The molecule has 0 amide bonds. The van der Waals surface area contributed by atoms with Gasteiger partial charge in [0.05, 0.1) is 6.61 Å². The SMILES string of the molecule is CCOC(=O)/C(C)=C/C=C[C@H](C)CCC=C(C)C.